The molecule has 1 amide bonds. The van der Waals surface area contributed by atoms with Gasteiger partial charge in [0, 0.05) is 6.61 Å². The lowest BCUT2D eigenvalue weighted by Gasteiger charge is -2.31. The average Bonchev–Trinajstić information content (AvgIpc) is 3.50. The molecular weight excluding hydrogens is 413 g/mol. The predicted octanol–water partition coefficient (Wildman–Crippen LogP) is 4.79. The van der Waals surface area contributed by atoms with Gasteiger partial charge in [-0.05, 0) is 89.3 Å². The molecule has 1 N–H and O–H groups in total. The van der Waals surface area contributed by atoms with E-state index in [0.717, 1.165) is 18.4 Å². The van der Waals surface area contributed by atoms with Gasteiger partial charge in [0.2, 0.25) is 0 Å². The summed E-state index contributed by atoms with van der Waals surface area (Å²) in [5, 5.41) is 2.67. The molecule has 2 fully saturated rings. The van der Waals surface area contributed by atoms with Crippen molar-refractivity contribution in [2.75, 3.05) is 6.61 Å². The zero-order valence-corrected chi connectivity index (χ0v) is 19.6. The zero-order valence-electron chi connectivity index (χ0n) is 19.6. The number of hydrogen-bond acceptors (Lipinski definition) is 5. The Morgan fingerprint density at radius 2 is 1.84 bits per heavy atom. The van der Waals surface area contributed by atoms with E-state index in [4.69, 9.17) is 14.2 Å². The molecule has 1 aromatic carbocycles. The highest BCUT2D eigenvalue weighted by molar-refractivity contribution is 5.81. The Morgan fingerprint density at radius 3 is 2.47 bits per heavy atom. The molecule has 2 aliphatic rings. The van der Waals surface area contributed by atoms with Crippen LogP contribution in [0.25, 0.3) is 0 Å². The Hall–Kier alpha value is -2.15. The molecule has 7 heteroatoms. The maximum Gasteiger partial charge on any atom is 0.408 e. The number of carbonyl (C=O) groups is 2. The summed E-state index contributed by atoms with van der Waals surface area (Å²) in [6.45, 7) is 7.84. The molecule has 0 spiro atoms. The van der Waals surface area contributed by atoms with Crippen molar-refractivity contribution < 1.29 is 28.2 Å². The fourth-order valence-electron chi connectivity index (χ4n) is 4.11. The first-order chi connectivity index (χ1) is 15.1. The van der Waals surface area contributed by atoms with Gasteiger partial charge in [0.05, 0.1) is 6.10 Å². The van der Waals surface area contributed by atoms with E-state index >= 15 is 0 Å². The third-order valence-corrected chi connectivity index (χ3v) is 5.90. The first-order valence-corrected chi connectivity index (χ1v) is 11.7. The Labute approximate surface area is 190 Å². The fourth-order valence-corrected chi connectivity index (χ4v) is 4.11. The first kappa shape index (κ1) is 24.5. The van der Waals surface area contributed by atoms with Crippen LogP contribution >= 0.6 is 0 Å². The highest BCUT2D eigenvalue weighted by atomic mass is 19.1. The second-order valence-electron chi connectivity index (χ2n) is 10.1. The Kier molecular flexibility index (Phi) is 8.15. The van der Waals surface area contributed by atoms with Crippen LogP contribution in [0.5, 0.6) is 0 Å². The molecule has 1 aliphatic carbocycles. The van der Waals surface area contributed by atoms with Crippen molar-refractivity contribution in [3.63, 3.8) is 0 Å². The Morgan fingerprint density at radius 1 is 1.16 bits per heavy atom. The third kappa shape index (κ3) is 7.76. The molecule has 1 aliphatic heterocycles. The van der Waals surface area contributed by atoms with Crippen molar-refractivity contribution in [3.8, 4) is 0 Å². The minimum atomic E-state index is -0.763. The van der Waals surface area contributed by atoms with E-state index in [0.29, 0.717) is 25.4 Å². The van der Waals surface area contributed by atoms with E-state index in [1.807, 2.05) is 6.92 Å². The normalized spacial score (nSPS) is 27.0. The summed E-state index contributed by atoms with van der Waals surface area (Å²) in [7, 11) is 0. The van der Waals surface area contributed by atoms with Gasteiger partial charge in [-0.3, -0.25) is 0 Å². The summed E-state index contributed by atoms with van der Waals surface area (Å²) < 4.78 is 30.7. The first-order valence-electron chi connectivity index (χ1n) is 11.7. The van der Waals surface area contributed by atoms with E-state index in [1.54, 1.807) is 32.9 Å². The minimum absolute atomic E-state index is 0.113. The summed E-state index contributed by atoms with van der Waals surface area (Å²) in [6.07, 6.45) is 3.68. The Bertz CT molecular complexity index is 772. The lowest BCUT2D eigenvalue weighted by Crippen LogP contribution is -2.46. The van der Waals surface area contributed by atoms with E-state index in [1.165, 1.54) is 25.0 Å². The summed E-state index contributed by atoms with van der Waals surface area (Å²) >= 11 is 0. The van der Waals surface area contributed by atoms with Crippen LogP contribution in [0.2, 0.25) is 0 Å². The number of hydrogen-bond donors (Lipinski definition) is 1. The smallest absolute Gasteiger partial charge is 0.408 e. The summed E-state index contributed by atoms with van der Waals surface area (Å²) in [5.41, 5.74) is 0.375. The van der Waals surface area contributed by atoms with Gasteiger partial charge >= 0.3 is 12.1 Å². The second kappa shape index (κ2) is 10.6. The molecule has 0 aromatic heterocycles. The number of amides is 1. The number of nitrogens with one attached hydrogen (secondary N) is 1. The van der Waals surface area contributed by atoms with Gasteiger partial charge in [-0.2, -0.15) is 0 Å². The molecule has 3 rings (SSSR count). The lowest BCUT2D eigenvalue weighted by atomic mass is 9.87. The summed E-state index contributed by atoms with van der Waals surface area (Å²) in [5.74, 6) is -0.0326. The number of alkyl carbamates (subject to hydrolysis) is 1. The predicted molar refractivity (Wildman–Crippen MR) is 119 cm³/mol. The van der Waals surface area contributed by atoms with Gasteiger partial charge in [-0.1, -0.05) is 18.6 Å². The standard InChI is InChI=1S/C25H36FNO5/c1-16-22(30-15-18-8-9-18)19(14-17-10-12-20(26)13-11-17)6-5-7-21(23(28)31-16)27-24(29)32-25(2,3)4/h10-13,16,18-19,21-22H,5-9,14-15H2,1-4H3,(H,27,29)/t16-,19+,21-,22-/m0/s1. The van der Waals surface area contributed by atoms with Gasteiger partial charge in [0.15, 0.2) is 0 Å². The molecule has 0 bridgehead atoms. The molecule has 4 atom stereocenters. The van der Waals surface area contributed by atoms with Gasteiger partial charge in [-0.15, -0.1) is 0 Å². The van der Waals surface area contributed by atoms with Crippen LogP contribution < -0.4 is 5.32 Å². The van der Waals surface area contributed by atoms with Crippen LogP contribution in [0.15, 0.2) is 24.3 Å². The van der Waals surface area contributed by atoms with E-state index in [2.05, 4.69) is 5.32 Å². The molecule has 6 nitrogen and oxygen atoms in total. The molecule has 1 aromatic rings. The molecule has 1 saturated heterocycles. The number of rotatable bonds is 6. The van der Waals surface area contributed by atoms with Crippen molar-refractivity contribution in [3.05, 3.63) is 35.6 Å². The van der Waals surface area contributed by atoms with Crippen molar-refractivity contribution >= 4 is 12.1 Å². The fraction of sp³-hybridized carbons (Fsp3) is 0.680. The highest BCUT2D eigenvalue weighted by Gasteiger charge is 2.36. The third-order valence-electron chi connectivity index (χ3n) is 5.90. The molecule has 1 saturated carbocycles. The molecule has 178 valence electrons. The van der Waals surface area contributed by atoms with E-state index in [9.17, 15) is 14.0 Å². The van der Waals surface area contributed by atoms with Crippen molar-refractivity contribution in [1.29, 1.82) is 0 Å². The Balaban J connectivity index is 1.71. The SMILES string of the molecule is C[C@@H]1OC(=O)[C@@H](NC(=O)OC(C)(C)C)CCC[C@H](Cc2ccc(F)cc2)[C@H]1OCC1CC1. The average molecular weight is 450 g/mol. The number of carbonyl (C=O) groups excluding carboxylic acids is 2. The molecule has 1 heterocycles. The largest absolute Gasteiger partial charge is 0.458 e. The molecule has 0 radical (unpaired) electrons. The quantitative estimate of drug-likeness (QED) is 0.632. The second-order valence-corrected chi connectivity index (χ2v) is 10.1. The summed E-state index contributed by atoms with van der Waals surface area (Å²) in [6, 6.07) is 5.76. The van der Waals surface area contributed by atoms with E-state index in [-0.39, 0.29) is 17.8 Å². The number of halogens is 1. The minimum Gasteiger partial charge on any atom is -0.458 e. The summed E-state index contributed by atoms with van der Waals surface area (Å²) in [4.78, 5) is 25.1. The van der Waals surface area contributed by atoms with Gasteiger partial charge in [-0.25, -0.2) is 14.0 Å². The van der Waals surface area contributed by atoms with Crippen LogP contribution in [-0.2, 0) is 25.4 Å². The topological polar surface area (TPSA) is 73.9 Å². The number of esters is 1. The van der Waals surface area contributed by atoms with Crippen LogP contribution in [0, 0.1) is 17.7 Å². The van der Waals surface area contributed by atoms with Crippen molar-refractivity contribution in [2.45, 2.75) is 90.1 Å². The van der Waals surface area contributed by atoms with Gasteiger partial charge < -0.3 is 19.5 Å². The monoisotopic (exact) mass is 449 g/mol. The van der Waals surface area contributed by atoms with Crippen LogP contribution in [0.1, 0.15) is 65.4 Å². The molecular formula is C25H36FNO5. The highest BCUT2D eigenvalue weighted by Crippen LogP contribution is 2.33. The van der Waals surface area contributed by atoms with Crippen LogP contribution in [0.4, 0.5) is 9.18 Å². The number of cyclic esters (lactones) is 1. The van der Waals surface area contributed by atoms with Crippen LogP contribution in [-0.4, -0.2) is 42.5 Å². The lowest BCUT2D eigenvalue weighted by molar-refractivity contribution is -0.161. The van der Waals surface area contributed by atoms with Crippen molar-refractivity contribution in [1.82, 2.24) is 5.32 Å². The van der Waals surface area contributed by atoms with Gasteiger partial charge in [0.1, 0.15) is 23.6 Å². The molecule has 0 unspecified atom stereocenters. The number of benzene rings is 1. The van der Waals surface area contributed by atoms with E-state index < -0.39 is 29.8 Å². The zero-order chi connectivity index (χ0) is 23.3. The van der Waals surface area contributed by atoms with Crippen molar-refractivity contribution in [2.24, 2.45) is 11.8 Å². The van der Waals surface area contributed by atoms with Crippen LogP contribution in [0.3, 0.4) is 0 Å². The number of ether oxygens (including phenoxy) is 3. The van der Waals surface area contributed by atoms with Gasteiger partial charge in [0.25, 0.3) is 0 Å². The molecule has 32 heavy (non-hydrogen) atoms. The maximum atomic E-state index is 13.4. The maximum absolute atomic E-state index is 13.4.